The molecule has 82 valence electrons. The SMILES string of the molecule is CC(C)C(=O)NNC(=O)C(N)C(C)C. The molecule has 5 heteroatoms. The minimum atomic E-state index is -0.595. The normalized spacial score (nSPS) is 12.8. The highest BCUT2D eigenvalue weighted by atomic mass is 16.2. The fourth-order valence-electron chi connectivity index (χ4n) is 0.654. The second kappa shape index (κ2) is 5.59. The van der Waals surface area contributed by atoms with Crippen molar-refractivity contribution >= 4 is 11.8 Å². The molecule has 0 aliphatic rings. The summed E-state index contributed by atoms with van der Waals surface area (Å²) in [6, 6.07) is -0.595. The summed E-state index contributed by atoms with van der Waals surface area (Å²) in [5.74, 6) is -0.708. The van der Waals surface area contributed by atoms with Gasteiger partial charge >= 0.3 is 0 Å². The standard InChI is InChI=1S/C9H19N3O2/c1-5(2)7(10)9(14)12-11-8(13)6(3)4/h5-7H,10H2,1-4H3,(H,11,13)(H,12,14). The van der Waals surface area contributed by atoms with E-state index < -0.39 is 6.04 Å². The van der Waals surface area contributed by atoms with Crippen molar-refractivity contribution in [1.29, 1.82) is 0 Å². The van der Waals surface area contributed by atoms with Crippen LogP contribution in [0, 0.1) is 11.8 Å². The van der Waals surface area contributed by atoms with Gasteiger partial charge in [0.1, 0.15) is 0 Å². The van der Waals surface area contributed by atoms with Crippen LogP contribution in [0.25, 0.3) is 0 Å². The Labute approximate surface area is 84.4 Å². The van der Waals surface area contributed by atoms with Gasteiger partial charge in [-0.1, -0.05) is 27.7 Å². The van der Waals surface area contributed by atoms with E-state index in [1.165, 1.54) is 0 Å². The second-order valence-corrected chi connectivity index (χ2v) is 3.90. The van der Waals surface area contributed by atoms with E-state index in [9.17, 15) is 9.59 Å². The van der Waals surface area contributed by atoms with Crippen molar-refractivity contribution in [2.75, 3.05) is 0 Å². The van der Waals surface area contributed by atoms with Gasteiger partial charge in [0.05, 0.1) is 6.04 Å². The molecule has 2 amide bonds. The van der Waals surface area contributed by atoms with Crippen LogP contribution in [0.4, 0.5) is 0 Å². The molecule has 0 spiro atoms. The molecule has 4 N–H and O–H groups in total. The zero-order valence-electron chi connectivity index (χ0n) is 9.13. The largest absolute Gasteiger partial charge is 0.320 e. The van der Waals surface area contributed by atoms with E-state index in [0.29, 0.717) is 0 Å². The molecule has 0 aliphatic carbocycles. The smallest absolute Gasteiger partial charge is 0.255 e. The fraction of sp³-hybridized carbons (Fsp3) is 0.778. The lowest BCUT2D eigenvalue weighted by Gasteiger charge is -2.16. The number of nitrogens with two attached hydrogens (primary N) is 1. The maximum absolute atomic E-state index is 11.3. The Bertz CT molecular complexity index is 214. The highest BCUT2D eigenvalue weighted by Gasteiger charge is 2.17. The number of amides is 2. The Kier molecular flexibility index (Phi) is 5.15. The third-order valence-corrected chi connectivity index (χ3v) is 1.85. The summed E-state index contributed by atoms with van der Waals surface area (Å²) in [5.41, 5.74) is 10.1. The van der Waals surface area contributed by atoms with E-state index in [1.54, 1.807) is 13.8 Å². The van der Waals surface area contributed by atoms with Crippen LogP contribution in [0.1, 0.15) is 27.7 Å². The zero-order chi connectivity index (χ0) is 11.3. The van der Waals surface area contributed by atoms with Gasteiger partial charge in [-0.15, -0.1) is 0 Å². The molecule has 0 aliphatic heterocycles. The first-order valence-corrected chi connectivity index (χ1v) is 4.71. The average Bonchev–Trinajstić information content (AvgIpc) is 2.11. The molecule has 0 aromatic heterocycles. The molecule has 0 bridgehead atoms. The number of hydrazine groups is 1. The maximum atomic E-state index is 11.3. The lowest BCUT2D eigenvalue weighted by Crippen LogP contribution is -2.51. The van der Waals surface area contributed by atoms with Crippen molar-refractivity contribution in [1.82, 2.24) is 10.9 Å². The predicted octanol–water partition coefficient (Wildman–Crippen LogP) is -0.227. The molecule has 5 nitrogen and oxygen atoms in total. The number of rotatable bonds is 3. The van der Waals surface area contributed by atoms with Gasteiger partial charge in [0.15, 0.2) is 0 Å². The van der Waals surface area contributed by atoms with Crippen LogP contribution in [0.3, 0.4) is 0 Å². The van der Waals surface area contributed by atoms with E-state index in [1.807, 2.05) is 13.8 Å². The van der Waals surface area contributed by atoms with E-state index in [0.717, 1.165) is 0 Å². The Morgan fingerprint density at radius 3 is 1.79 bits per heavy atom. The van der Waals surface area contributed by atoms with Gasteiger partial charge < -0.3 is 5.73 Å². The third kappa shape index (κ3) is 4.23. The monoisotopic (exact) mass is 201 g/mol. The molecule has 0 aromatic rings. The molecule has 0 saturated heterocycles. The van der Waals surface area contributed by atoms with Crippen molar-refractivity contribution in [3.8, 4) is 0 Å². The number of carbonyl (C=O) groups excluding carboxylic acids is 2. The Morgan fingerprint density at radius 2 is 1.43 bits per heavy atom. The summed E-state index contributed by atoms with van der Waals surface area (Å²) in [6.07, 6.45) is 0. The molecule has 14 heavy (non-hydrogen) atoms. The predicted molar refractivity (Wildman–Crippen MR) is 53.9 cm³/mol. The lowest BCUT2D eigenvalue weighted by molar-refractivity contribution is -0.131. The first-order chi connectivity index (χ1) is 6.36. The Hall–Kier alpha value is -1.10. The molecule has 0 fully saturated rings. The van der Waals surface area contributed by atoms with Gasteiger partial charge in [-0.2, -0.15) is 0 Å². The van der Waals surface area contributed by atoms with Crippen molar-refractivity contribution in [3.63, 3.8) is 0 Å². The molecule has 0 aromatic carbocycles. The molecule has 0 rings (SSSR count). The molecule has 1 atom stereocenters. The topological polar surface area (TPSA) is 84.2 Å². The van der Waals surface area contributed by atoms with E-state index in [4.69, 9.17) is 5.73 Å². The highest BCUT2D eigenvalue weighted by molar-refractivity contribution is 5.85. The van der Waals surface area contributed by atoms with E-state index in [2.05, 4.69) is 10.9 Å². The van der Waals surface area contributed by atoms with E-state index in [-0.39, 0.29) is 23.7 Å². The first kappa shape index (κ1) is 12.9. The van der Waals surface area contributed by atoms with Crippen molar-refractivity contribution < 1.29 is 9.59 Å². The Morgan fingerprint density at radius 1 is 1.00 bits per heavy atom. The third-order valence-electron chi connectivity index (χ3n) is 1.85. The summed E-state index contributed by atoms with van der Waals surface area (Å²) in [6.45, 7) is 7.16. The van der Waals surface area contributed by atoms with Gasteiger partial charge in [0.25, 0.3) is 5.91 Å². The molecule has 0 saturated carbocycles. The number of carbonyl (C=O) groups is 2. The number of nitrogens with one attached hydrogen (secondary N) is 2. The summed E-state index contributed by atoms with van der Waals surface area (Å²) < 4.78 is 0. The second-order valence-electron chi connectivity index (χ2n) is 3.90. The fourth-order valence-corrected chi connectivity index (χ4v) is 0.654. The van der Waals surface area contributed by atoms with Gasteiger partial charge in [0.2, 0.25) is 5.91 Å². The number of hydrogen-bond donors (Lipinski definition) is 3. The highest BCUT2D eigenvalue weighted by Crippen LogP contribution is 1.97. The first-order valence-electron chi connectivity index (χ1n) is 4.71. The minimum absolute atomic E-state index is 0.0472. The van der Waals surface area contributed by atoms with Gasteiger partial charge in [-0.05, 0) is 5.92 Å². The Balaban J connectivity index is 3.91. The maximum Gasteiger partial charge on any atom is 0.255 e. The van der Waals surface area contributed by atoms with Gasteiger partial charge in [-0.3, -0.25) is 20.4 Å². The molecule has 1 unspecified atom stereocenters. The van der Waals surface area contributed by atoms with Crippen LogP contribution in [0.2, 0.25) is 0 Å². The van der Waals surface area contributed by atoms with Crippen molar-refractivity contribution in [3.05, 3.63) is 0 Å². The molecule has 0 radical (unpaired) electrons. The summed E-state index contributed by atoms with van der Waals surface area (Å²) in [5, 5.41) is 0. The summed E-state index contributed by atoms with van der Waals surface area (Å²) in [4.78, 5) is 22.3. The van der Waals surface area contributed by atoms with E-state index >= 15 is 0 Å². The lowest BCUT2D eigenvalue weighted by atomic mass is 10.1. The van der Waals surface area contributed by atoms with Crippen molar-refractivity contribution in [2.24, 2.45) is 17.6 Å². The van der Waals surface area contributed by atoms with Crippen LogP contribution in [-0.4, -0.2) is 17.9 Å². The van der Waals surface area contributed by atoms with Crippen LogP contribution in [0.5, 0.6) is 0 Å². The van der Waals surface area contributed by atoms with Crippen LogP contribution < -0.4 is 16.6 Å². The van der Waals surface area contributed by atoms with Gasteiger partial charge in [0, 0.05) is 5.92 Å². The summed E-state index contributed by atoms with van der Waals surface area (Å²) >= 11 is 0. The van der Waals surface area contributed by atoms with Crippen molar-refractivity contribution in [2.45, 2.75) is 33.7 Å². The van der Waals surface area contributed by atoms with Crippen LogP contribution in [0.15, 0.2) is 0 Å². The van der Waals surface area contributed by atoms with Crippen LogP contribution >= 0.6 is 0 Å². The minimum Gasteiger partial charge on any atom is -0.320 e. The number of hydrogen-bond acceptors (Lipinski definition) is 3. The molecule has 0 heterocycles. The zero-order valence-corrected chi connectivity index (χ0v) is 9.13. The van der Waals surface area contributed by atoms with Gasteiger partial charge in [-0.25, -0.2) is 0 Å². The van der Waals surface area contributed by atoms with Crippen LogP contribution in [-0.2, 0) is 9.59 Å². The molecular formula is C9H19N3O2. The molecular weight excluding hydrogens is 182 g/mol. The average molecular weight is 201 g/mol. The summed E-state index contributed by atoms with van der Waals surface area (Å²) in [7, 11) is 0. The quantitative estimate of drug-likeness (QED) is 0.552.